The molecular weight excluding hydrogens is 267 g/mol. The molecule has 0 saturated heterocycles. The number of ether oxygens (including phenoxy) is 2. The molecule has 21 heavy (non-hydrogen) atoms. The second kappa shape index (κ2) is 7.83. The van der Waals surface area contributed by atoms with Gasteiger partial charge < -0.3 is 18.8 Å². The van der Waals surface area contributed by atoms with Crippen molar-refractivity contribution in [1.82, 2.24) is 0 Å². The molecule has 0 N–H and O–H groups in total. The Hall–Kier alpha value is -1.82. The minimum atomic E-state index is -0.486. The fourth-order valence-corrected chi connectivity index (χ4v) is 2.21. The van der Waals surface area contributed by atoms with Gasteiger partial charge in [-0.15, -0.1) is 0 Å². The minimum absolute atomic E-state index is 0.164. The van der Waals surface area contributed by atoms with E-state index in [0.717, 1.165) is 16.6 Å². The van der Waals surface area contributed by atoms with Gasteiger partial charge in [-0.1, -0.05) is 48.5 Å². The first-order valence-electron chi connectivity index (χ1n) is 6.67. The molecule has 0 spiro atoms. The van der Waals surface area contributed by atoms with Crippen molar-refractivity contribution in [1.29, 1.82) is 0 Å². The van der Waals surface area contributed by atoms with E-state index in [4.69, 9.17) is 18.8 Å². The monoisotopic (exact) mass is 286 g/mol. The highest BCUT2D eigenvalue weighted by Gasteiger charge is 2.25. The molecule has 0 aliphatic heterocycles. The van der Waals surface area contributed by atoms with Gasteiger partial charge in [0.25, 0.3) is 0 Å². The number of methoxy groups -OCH3 is 1. The van der Waals surface area contributed by atoms with Crippen LogP contribution in [0.3, 0.4) is 0 Å². The summed E-state index contributed by atoms with van der Waals surface area (Å²) in [6.07, 6.45) is 0. The van der Waals surface area contributed by atoms with Gasteiger partial charge >= 0.3 is 7.12 Å². The smallest absolute Gasteiger partial charge is 0.467 e. The molecule has 2 rings (SSSR count). The van der Waals surface area contributed by atoms with Crippen LogP contribution in [0.4, 0.5) is 0 Å². The molecule has 0 fully saturated rings. The van der Waals surface area contributed by atoms with Gasteiger partial charge in [0.1, 0.15) is 5.75 Å². The van der Waals surface area contributed by atoms with E-state index in [1.165, 1.54) is 0 Å². The predicted molar refractivity (Wildman–Crippen MR) is 83.8 cm³/mol. The van der Waals surface area contributed by atoms with Crippen LogP contribution in [0.15, 0.2) is 48.5 Å². The van der Waals surface area contributed by atoms with Crippen molar-refractivity contribution >= 4 is 12.6 Å². The van der Waals surface area contributed by atoms with Crippen molar-refractivity contribution < 1.29 is 18.8 Å². The van der Waals surface area contributed by atoms with Gasteiger partial charge in [0.15, 0.2) is 6.79 Å². The van der Waals surface area contributed by atoms with Gasteiger partial charge in [-0.05, 0) is 5.56 Å². The lowest BCUT2D eigenvalue weighted by molar-refractivity contribution is 0.0520. The lowest BCUT2D eigenvalue weighted by Crippen LogP contribution is -2.36. The standard InChI is InChI=1S/C16H19BO4/c1-18-12-21-16-14(13-8-5-4-6-9-13)10-7-11-15(16)17(19-2)20-3/h4-11H,12H2,1-3H3. The Kier molecular flexibility index (Phi) is 5.81. The van der Waals surface area contributed by atoms with Crippen LogP contribution in [-0.2, 0) is 14.0 Å². The third-order valence-electron chi connectivity index (χ3n) is 3.13. The molecule has 2 aromatic rings. The van der Waals surface area contributed by atoms with Crippen molar-refractivity contribution in [2.45, 2.75) is 0 Å². The van der Waals surface area contributed by atoms with Crippen molar-refractivity contribution in [3.63, 3.8) is 0 Å². The number of hydrogen-bond donors (Lipinski definition) is 0. The first-order valence-corrected chi connectivity index (χ1v) is 6.67. The summed E-state index contributed by atoms with van der Waals surface area (Å²) in [5.41, 5.74) is 2.87. The topological polar surface area (TPSA) is 36.9 Å². The van der Waals surface area contributed by atoms with E-state index in [1.807, 2.05) is 48.5 Å². The zero-order valence-corrected chi connectivity index (χ0v) is 12.5. The SMILES string of the molecule is COCOc1c(B(OC)OC)cccc1-c1ccccc1. The van der Waals surface area contributed by atoms with E-state index in [1.54, 1.807) is 21.3 Å². The lowest BCUT2D eigenvalue weighted by Gasteiger charge is -2.18. The first-order chi connectivity index (χ1) is 10.3. The number of rotatable bonds is 7. The molecule has 5 heteroatoms. The van der Waals surface area contributed by atoms with Crippen LogP contribution >= 0.6 is 0 Å². The Morgan fingerprint density at radius 1 is 0.857 bits per heavy atom. The Bertz CT molecular complexity index is 555. The molecule has 0 saturated carbocycles. The largest absolute Gasteiger partial charge is 0.497 e. The zero-order chi connectivity index (χ0) is 15.1. The molecule has 0 amide bonds. The fourth-order valence-electron chi connectivity index (χ4n) is 2.21. The van der Waals surface area contributed by atoms with Crippen LogP contribution in [0.1, 0.15) is 0 Å². The highest BCUT2D eigenvalue weighted by atomic mass is 16.7. The van der Waals surface area contributed by atoms with E-state index in [-0.39, 0.29) is 6.79 Å². The van der Waals surface area contributed by atoms with Crippen LogP contribution in [0, 0.1) is 0 Å². The second-order valence-corrected chi connectivity index (χ2v) is 4.44. The number of benzene rings is 2. The average molecular weight is 286 g/mol. The number of para-hydroxylation sites is 1. The Morgan fingerprint density at radius 3 is 2.19 bits per heavy atom. The van der Waals surface area contributed by atoms with Gasteiger partial charge in [0.2, 0.25) is 0 Å². The van der Waals surface area contributed by atoms with Crippen molar-refractivity contribution in [3.05, 3.63) is 48.5 Å². The maximum atomic E-state index is 5.77. The molecule has 0 aliphatic carbocycles. The third-order valence-corrected chi connectivity index (χ3v) is 3.13. The molecule has 0 bridgehead atoms. The van der Waals surface area contributed by atoms with Crippen molar-refractivity contribution in [2.75, 3.05) is 28.1 Å². The van der Waals surface area contributed by atoms with Gasteiger partial charge in [-0.2, -0.15) is 0 Å². The highest BCUT2D eigenvalue weighted by Crippen LogP contribution is 2.28. The summed E-state index contributed by atoms with van der Waals surface area (Å²) < 4.78 is 21.5. The summed E-state index contributed by atoms with van der Waals surface area (Å²) in [4.78, 5) is 0. The molecular formula is C16H19BO4. The first kappa shape index (κ1) is 15.6. The lowest BCUT2D eigenvalue weighted by atomic mass is 9.76. The van der Waals surface area contributed by atoms with Crippen LogP contribution in [0.25, 0.3) is 11.1 Å². The minimum Gasteiger partial charge on any atom is -0.467 e. The fraction of sp³-hybridized carbons (Fsp3) is 0.250. The Labute approximate surface area is 125 Å². The molecule has 0 aliphatic rings. The van der Waals surface area contributed by atoms with E-state index < -0.39 is 7.12 Å². The quantitative estimate of drug-likeness (QED) is 0.578. The summed E-state index contributed by atoms with van der Waals surface area (Å²) in [6.45, 7) is 0.164. The highest BCUT2D eigenvalue weighted by molar-refractivity contribution is 6.62. The maximum absolute atomic E-state index is 5.77. The summed E-state index contributed by atoms with van der Waals surface area (Å²) in [6, 6.07) is 15.9. The van der Waals surface area contributed by atoms with Crippen molar-refractivity contribution in [2.24, 2.45) is 0 Å². The van der Waals surface area contributed by atoms with E-state index in [0.29, 0.717) is 5.75 Å². The summed E-state index contributed by atoms with van der Waals surface area (Å²) in [5, 5.41) is 0. The molecule has 0 radical (unpaired) electrons. The zero-order valence-electron chi connectivity index (χ0n) is 12.5. The summed E-state index contributed by atoms with van der Waals surface area (Å²) in [7, 11) is 4.31. The van der Waals surface area contributed by atoms with Crippen LogP contribution in [-0.4, -0.2) is 35.2 Å². The van der Waals surface area contributed by atoms with Gasteiger partial charge in [0.05, 0.1) is 0 Å². The van der Waals surface area contributed by atoms with Gasteiger partial charge in [0, 0.05) is 32.4 Å². The van der Waals surface area contributed by atoms with E-state index in [9.17, 15) is 0 Å². The molecule has 0 heterocycles. The van der Waals surface area contributed by atoms with Crippen LogP contribution < -0.4 is 10.2 Å². The van der Waals surface area contributed by atoms with Gasteiger partial charge in [-0.3, -0.25) is 0 Å². The molecule has 2 aromatic carbocycles. The van der Waals surface area contributed by atoms with Crippen molar-refractivity contribution in [3.8, 4) is 16.9 Å². The molecule has 4 nitrogen and oxygen atoms in total. The third kappa shape index (κ3) is 3.64. The van der Waals surface area contributed by atoms with Gasteiger partial charge in [-0.25, -0.2) is 0 Å². The predicted octanol–water partition coefficient (Wildman–Crippen LogP) is 2.32. The molecule has 0 atom stereocenters. The normalized spacial score (nSPS) is 10.4. The van der Waals surface area contributed by atoms with E-state index >= 15 is 0 Å². The van der Waals surface area contributed by atoms with Crippen LogP contribution in [0.2, 0.25) is 0 Å². The molecule has 0 aromatic heterocycles. The average Bonchev–Trinajstić information content (AvgIpc) is 2.55. The molecule has 0 unspecified atom stereocenters. The maximum Gasteiger partial charge on any atom is 0.497 e. The Balaban J connectivity index is 2.51. The second-order valence-electron chi connectivity index (χ2n) is 4.44. The van der Waals surface area contributed by atoms with Crippen LogP contribution in [0.5, 0.6) is 5.75 Å². The number of hydrogen-bond acceptors (Lipinski definition) is 4. The summed E-state index contributed by atoms with van der Waals surface area (Å²) in [5.74, 6) is 0.708. The molecule has 110 valence electrons. The summed E-state index contributed by atoms with van der Waals surface area (Å²) >= 11 is 0. The Morgan fingerprint density at radius 2 is 1.57 bits per heavy atom. The van der Waals surface area contributed by atoms with E-state index in [2.05, 4.69) is 0 Å².